The molecule has 1 fully saturated rings. The van der Waals surface area contributed by atoms with Gasteiger partial charge in [0, 0.05) is 18.3 Å². The van der Waals surface area contributed by atoms with E-state index in [1.165, 1.54) is 12.3 Å². The molecule has 0 amide bonds. The van der Waals surface area contributed by atoms with Crippen molar-refractivity contribution in [2.75, 3.05) is 12.3 Å². The van der Waals surface area contributed by atoms with Crippen LogP contribution in [-0.4, -0.2) is 25.5 Å². The van der Waals surface area contributed by atoms with Gasteiger partial charge in [0.25, 0.3) is 0 Å². The number of hydrogen-bond acceptors (Lipinski definition) is 5. The minimum Gasteiger partial charge on any atom is -0.383 e. The lowest BCUT2D eigenvalue weighted by molar-refractivity contribution is 0.399. The SMILES string of the molecule is Cl.NCC1(NS(=O)(=O)c2cc(Cl)cnc2N)CCCC1. The monoisotopic (exact) mass is 340 g/mol. The molecule has 2 rings (SSSR count). The molecule has 0 unspecified atom stereocenters. The molecule has 0 aliphatic heterocycles. The highest BCUT2D eigenvalue weighted by molar-refractivity contribution is 7.89. The fourth-order valence-corrected chi connectivity index (χ4v) is 4.19. The zero-order chi connectivity index (χ0) is 14.1. The first-order valence-electron chi connectivity index (χ1n) is 6.04. The molecule has 1 aliphatic rings. The van der Waals surface area contributed by atoms with E-state index in [-0.39, 0.29) is 34.7 Å². The Morgan fingerprint density at radius 2 is 2.00 bits per heavy atom. The predicted octanol–water partition coefficient (Wildman–Crippen LogP) is 1.29. The fraction of sp³-hybridized carbons (Fsp3) is 0.545. The van der Waals surface area contributed by atoms with Gasteiger partial charge in [-0.25, -0.2) is 18.1 Å². The second-order valence-electron chi connectivity index (χ2n) is 4.83. The Morgan fingerprint density at radius 3 is 2.55 bits per heavy atom. The number of nitrogens with one attached hydrogen (secondary N) is 1. The molecule has 0 saturated heterocycles. The molecule has 0 atom stereocenters. The van der Waals surface area contributed by atoms with Crippen LogP contribution in [0.15, 0.2) is 17.2 Å². The van der Waals surface area contributed by atoms with Crippen LogP contribution in [0.25, 0.3) is 0 Å². The number of nitrogens with zero attached hydrogens (tertiary/aromatic N) is 1. The third-order valence-electron chi connectivity index (χ3n) is 3.44. The number of hydrogen-bond donors (Lipinski definition) is 3. The minimum absolute atomic E-state index is 0. The van der Waals surface area contributed by atoms with E-state index in [0.29, 0.717) is 0 Å². The second-order valence-corrected chi connectivity index (χ2v) is 6.92. The van der Waals surface area contributed by atoms with Crippen LogP contribution < -0.4 is 16.2 Å². The number of pyridine rings is 1. The Morgan fingerprint density at radius 1 is 1.40 bits per heavy atom. The van der Waals surface area contributed by atoms with Crippen molar-refractivity contribution in [2.24, 2.45) is 5.73 Å². The zero-order valence-corrected chi connectivity index (χ0v) is 13.2. The summed E-state index contributed by atoms with van der Waals surface area (Å²) in [5.41, 5.74) is 10.8. The number of nitrogen functional groups attached to an aromatic ring is 1. The molecule has 0 bridgehead atoms. The standard InChI is InChI=1S/C11H17ClN4O2S.ClH/c12-8-5-9(10(14)15-6-8)19(17,18)16-11(7-13)3-1-2-4-11;/h5-6,16H,1-4,7,13H2,(H2,14,15);1H. The number of nitrogens with two attached hydrogens (primary N) is 2. The van der Waals surface area contributed by atoms with E-state index in [1.54, 1.807) is 0 Å². The highest BCUT2D eigenvalue weighted by Crippen LogP contribution is 2.31. The van der Waals surface area contributed by atoms with Gasteiger partial charge >= 0.3 is 0 Å². The number of aromatic nitrogens is 1. The van der Waals surface area contributed by atoms with E-state index in [9.17, 15) is 8.42 Å². The number of rotatable bonds is 4. The molecule has 0 aromatic carbocycles. The van der Waals surface area contributed by atoms with Gasteiger partial charge in [-0.3, -0.25) is 0 Å². The van der Waals surface area contributed by atoms with Gasteiger partial charge in [-0.2, -0.15) is 0 Å². The van der Waals surface area contributed by atoms with Crippen LogP contribution in [0.3, 0.4) is 0 Å². The van der Waals surface area contributed by atoms with Gasteiger partial charge in [-0.05, 0) is 18.9 Å². The molecule has 5 N–H and O–H groups in total. The molecule has 1 saturated carbocycles. The topological polar surface area (TPSA) is 111 Å². The van der Waals surface area contributed by atoms with Crippen molar-refractivity contribution in [1.29, 1.82) is 0 Å². The minimum atomic E-state index is -3.77. The van der Waals surface area contributed by atoms with Crippen molar-refractivity contribution >= 4 is 39.8 Å². The lowest BCUT2D eigenvalue weighted by Crippen LogP contribution is -2.51. The molecule has 0 radical (unpaired) electrons. The maximum absolute atomic E-state index is 12.4. The van der Waals surface area contributed by atoms with Gasteiger partial charge in [0.05, 0.1) is 5.02 Å². The summed E-state index contributed by atoms with van der Waals surface area (Å²) in [5.74, 6) is -0.0675. The van der Waals surface area contributed by atoms with E-state index in [1.807, 2.05) is 0 Å². The molecule has 1 aromatic heterocycles. The van der Waals surface area contributed by atoms with Crippen LogP contribution in [-0.2, 0) is 10.0 Å². The molecular formula is C11H18Cl2N4O2S. The van der Waals surface area contributed by atoms with Crippen molar-refractivity contribution < 1.29 is 8.42 Å². The van der Waals surface area contributed by atoms with Crippen LogP contribution in [0.5, 0.6) is 0 Å². The van der Waals surface area contributed by atoms with Crippen LogP contribution in [0.2, 0.25) is 5.02 Å². The third kappa shape index (κ3) is 3.53. The first-order valence-corrected chi connectivity index (χ1v) is 7.90. The summed E-state index contributed by atoms with van der Waals surface area (Å²) in [6.45, 7) is 0.264. The fourth-order valence-electron chi connectivity index (χ4n) is 2.39. The lowest BCUT2D eigenvalue weighted by Gasteiger charge is -2.28. The van der Waals surface area contributed by atoms with Crippen molar-refractivity contribution in [1.82, 2.24) is 9.71 Å². The van der Waals surface area contributed by atoms with Crippen LogP contribution >= 0.6 is 24.0 Å². The highest BCUT2D eigenvalue weighted by Gasteiger charge is 2.37. The molecule has 114 valence electrons. The first kappa shape index (κ1) is 17.5. The summed E-state index contributed by atoms with van der Waals surface area (Å²) in [6.07, 6.45) is 4.70. The largest absolute Gasteiger partial charge is 0.383 e. The summed E-state index contributed by atoms with van der Waals surface area (Å²) in [7, 11) is -3.77. The molecule has 0 spiro atoms. The van der Waals surface area contributed by atoms with Crippen molar-refractivity contribution in [3.63, 3.8) is 0 Å². The normalized spacial score (nSPS) is 17.7. The molecular weight excluding hydrogens is 323 g/mol. The molecule has 6 nitrogen and oxygen atoms in total. The Kier molecular flexibility index (Phi) is 5.62. The first-order chi connectivity index (χ1) is 8.88. The molecule has 1 heterocycles. The molecule has 1 aliphatic carbocycles. The van der Waals surface area contributed by atoms with Crippen molar-refractivity contribution in [3.05, 3.63) is 17.3 Å². The summed E-state index contributed by atoms with van der Waals surface area (Å²) < 4.78 is 27.4. The van der Waals surface area contributed by atoms with Gasteiger partial charge in [0.1, 0.15) is 10.7 Å². The zero-order valence-electron chi connectivity index (χ0n) is 10.8. The van der Waals surface area contributed by atoms with Crippen molar-refractivity contribution in [3.8, 4) is 0 Å². The molecule has 9 heteroatoms. The smallest absolute Gasteiger partial charge is 0.244 e. The quantitative estimate of drug-likeness (QED) is 0.764. The Hall–Kier alpha value is -0.600. The van der Waals surface area contributed by atoms with Gasteiger partial charge in [0.2, 0.25) is 10.0 Å². The predicted molar refractivity (Wildman–Crippen MR) is 81.5 cm³/mol. The number of anilines is 1. The van der Waals surface area contributed by atoms with Gasteiger partial charge < -0.3 is 11.5 Å². The Labute approximate surface area is 129 Å². The lowest BCUT2D eigenvalue weighted by atomic mass is 10.0. The number of halogens is 2. The Bertz CT molecular complexity index is 574. The average Bonchev–Trinajstić information content (AvgIpc) is 2.80. The van der Waals surface area contributed by atoms with Crippen LogP contribution in [0, 0.1) is 0 Å². The van der Waals surface area contributed by atoms with E-state index < -0.39 is 15.6 Å². The number of sulfonamides is 1. The summed E-state index contributed by atoms with van der Waals surface area (Å²) in [5, 5.41) is 0.225. The molecule has 1 aromatic rings. The maximum atomic E-state index is 12.4. The highest BCUT2D eigenvalue weighted by atomic mass is 35.5. The van der Waals surface area contributed by atoms with Gasteiger partial charge in [-0.1, -0.05) is 24.4 Å². The second kappa shape index (κ2) is 6.44. The maximum Gasteiger partial charge on any atom is 0.244 e. The van der Waals surface area contributed by atoms with Crippen molar-refractivity contribution in [2.45, 2.75) is 36.1 Å². The van der Waals surface area contributed by atoms with Gasteiger partial charge in [0.15, 0.2) is 0 Å². The molecule has 20 heavy (non-hydrogen) atoms. The van der Waals surface area contributed by atoms with Gasteiger partial charge in [-0.15, -0.1) is 12.4 Å². The summed E-state index contributed by atoms with van der Waals surface area (Å²) in [6, 6.07) is 1.30. The summed E-state index contributed by atoms with van der Waals surface area (Å²) in [4.78, 5) is 3.67. The Balaban J connectivity index is 0.00000200. The third-order valence-corrected chi connectivity index (χ3v) is 5.25. The average molecular weight is 341 g/mol. The van der Waals surface area contributed by atoms with Crippen LogP contribution in [0.4, 0.5) is 5.82 Å². The summed E-state index contributed by atoms with van der Waals surface area (Å²) >= 11 is 5.77. The van der Waals surface area contributed by atoms with E-state index >= 15 is 0 Å². The van der Waals surface area contributed by atoms with E-state index in [4.69, 9.17) is 23.1 Å². The van der Waals surface area contributed by atoms with E-state index in [2.05, 4.69) is 9.71 Å². The van der Waals surface area contributed by atoms with Crippen LogP contribution in [0.1, 0.15) is 25.7 Å². The van der Waals surface area contributed by atoms with E-state index in [0.717, 1.165) is 25.7 Å².